The van der Waals surface area contributed by atoms with Crippen molar-refractivity contribution in [1.82, 2.24) is 20.2 Å². The number of thioether (sulfide) groups is 1. The number of hydrogen-bond acceptors (Lipinski definition) is 7. The highest BCUT2D eigenvalue weighted by Crippen LogP contribution is 2.20. The molecular weight excluding hydrogens is 444 g/mol. The van der Waals surface area contributed by atoms with Gasteiger partial charge in [-0.05, 0) is 58.6 Å². The minimum absolute atomic E-state index is 0.110. The zero-order valence-corrected chi connectivity index (χ0v) is 18.8. The Morgan fingerprint density at radius 1 is 1.06 bits per heavy atom. The molecule has 0 aliphatic heterocycles. The second kappa shape index (κ2) is 10.2. The third-order valence-electron chi connectivity index (χ3n) is 4.44. The number of nitrogens with zero attached hydrogens (tertiary/aromatic N) is 4. The molecule has 8 nitrogen and oxygen atoms in total. The summed E-state index contributed by atoms with van der Waals surface area (Å²) in [4.78, 5) is 26.5. The van der Waals surface area contributed by atoms with Crippen molar-refractivity contribution in [2.75, 3.05) is 16.4 Å². The van der Waals surface area contributed by atoms with Crippen LogP contribution in [0.2, 0.25) is 0 Å². The molecule has 2 N–H and O–H groups in total. The Morgan fingerprint density at radius 3 is 2.75 bits per heavy atom. The molecule has 0 saturated carbocycles. The van der Waals surface area contributed by atoms with Crippen LogP contribution in [0, 0.1) is 6.92 Å². The van der Waals surface area contributed by atoms with Crippen molar-refractivity contribution in [2.45, 2.75) is 18.6 Å². The van der Waals surface area contributed by atoms with Gasteiger partial charge in [0, 0.05) is 10.6 Å². The van der Waals surface area contributed by atoms with Crippen LogP contribution in [0.5, 0.6) is 0 Å². The van der Waals surface area contributed by atoms with Crippen molar-refractivity contribution in [3.8, 4) is 0 Å². The lowest BCUT2D eigenvalue weighted by Gasteiger charge is -2.12. The number of carbonyl (C=O) groups is 2. The highest BCUT2D eigenvalue weighted by molar-refractivity contribution is 7.99. The number of rotatable bonds is 8. The number of anilines is 2. The second-order valence-corrected chi connectivity index (χ2v) is 8.88. The molecule has 10 heteroatoms. The van der Waals surface area contributed by atoms with E-state index in [1.54, 1.807) is 40.3 Å². The van der Waals surface area contributed by atoms with Crippen LogP contribution < -0.4 is 10.6 Å². The van der Waals surface area contributed by atoms with Gasteiger partial charge in [-0.3, -0.25) is 9.59 Å². The average molecular weight is 465 g/mol. The molecular formula is C22H20N6O2S2. The normalized spacial score (nSPS) is 10.7. The lowest BCUT2D eigenvalue weighted by molar-refractivity contribution is -0.113. The van der Waals surface area contributed by atoms with Crippen LogP contribution in [0.25, 0.3) is 0 Å². The third kappa shape index (κ3) is 5.59. The van der Waals surface area contributed by atoms with Gasteiger partial charge in [0.15, 0.2) is 0 Å². The van der Waals surface area contributed by atoms with Gasteiger partial charge >= 0.3 is 0 Å². The summed E-state index contributed by atoms with van der Waals surface area (Å²) in [5.41, 5.74) is 2.57. The summed E-state index contributed by atoms with van der Waals surface area (Å²) < 4.78 is 1.66. The summed E-state index contributed by atoms with van der Waals surface area (Å²) in [6, 6.07) is 18.4. The summed E-state index contributed by atoms with van der Waals surface area (Å²) in [6.45, 7) is 2.51. The maximum Gasteiger partial charge on any atom is 0.257 e. The highest BCUT2D eigenvalue weighted by atomic mass is 32.2. The van der Waals surface area contributed by atoms with Gasteiger partial charge in [0.25, 0.3) is 5.91 Å². The SMILES string of the molecule is Cc1cccc(NC(=O)c2ccccc2NC(=O)CSc2nnnn2Cc2cccs2)c1. The van der Waals surface area contributed by atoms with Gasteiger partial charge in [0.1, 0.15) is 0 Å². The van der Waals surface area contributed by atoms with Crippen molar-refractivity contribution in [2.24, 2.45) is 0 Å². The van der Waals surface area contributed by atoms with Gasteiger partial charge in [-0.15, -0.1) is 16.4 Å². The Bertz CT molecular complexity index is 1220. The third-order valence-corrected chi connectivity index (χ3v) is 6.26. The molecule has 162 valence electrons. The van der Waals surface area contributed by atoms with E-state index in [-0.39, 0.29) is 17.6 Å². The van der Waals surface area contributed by atoms with E-state index >= 15 is 0 Å². The number of nitrogens with one attached hydrogen (secondary N) is 2. The smallest absolute Gasteiger partial charge is 0.257 e. The quantitative estimate of drug-likeness (QED) is 0.381. The van der Waals surface area contributed by atoms with Gasteiger partial charge in [0.05, 0.1) is 23.5 Å². The van der Waals surface area contributed by atoms with Crippen LogP contribution in [0.4, 0.5) is 11.4 Å². The first-order valence-corrected chi connectivity index (χ1v) is 11.6. The Kier molecular flexibility index (Phi) is 6.93. The minimum atomic E-state index is -0.293. The zero-order valence-electron chi connectivity index (χ0n) is 17.2. The van der Waals surface area contributed by atoms with Crippen LogP contribution in [0.3, 0.4) is 0 Å². The largest absolute Gasteiger partial charge is 0.325 e. The van der Waals surface area contributed by atoms with Crippen LogP contribution in [-0.4, -0.2) is 37.8 Å². The number of carbonyl (C=O) groups excluding carboxylic acids is 2. The summed E-state index contributed by atoms with van der Waals surface area (Å²) in [6.07, 6.45) is 0. The molecule has 0 radical (unpaired) electrons. The fourth-order valence-corrected chi connectivity index (χ4v) is 4.34. The van der Waals surface area contributed by atoms with Crippen molar-refractivity contribution < 1.29 is 9.59 Å². The molecule has 0 spiro atoms. The lowest BCUT2D eigenvalue weighted by atomic mass is 10.1. The molecule has 0 unspecified atom stereocenters. The predicted octanol–water partition coefficient (Wildman–Crippen LogP) is 4.07. The number of thiophene rings is 1. The van der Waals surface area contributed by atoms with E-state index in [9.17, 15) is 9.59 Å². The number of benzene rings is 2. The van der Waals surface area contributed by atoms with E-state index in [4.69, 9.17) is 0 Å². The van der Waals surface area contributed by atoms with E-state index < -0.39 is 0 Å². The van der Waals surface area contributed by atoms with Gasteiger partial charge in [-0.25, -0.2) is 4.68 Å². The Hall–Kier alpha value is -3.50. The molecule has 0 fully saturated rings. The van der Waals surface area contributed by atoms with Crippen LogP contribution >= 0.6 is 23.1 Å². The van der Waals surface area contributed by atoms with Gasteiger partial charge < -0.3 is 10.6 Å². The maximum atomic E-state index is 12.8. The van der Waals surface area contributed by atoms with Crippen LogP contribution in [-0.2, 0) is 11.3 Å². The van der Waals surface area contributed by atoms with Crippen molar-refractivity contribution in [3.63, 3.8) is 0 Å². The van der Waals surface area contributed by atoms with Gasteiger partial charge in [-0.2, -0.15) is 0 Å². The molecule has 0 saturated heterocycles. The molecule has 0 bridgehead atoms. The number of tetrazole rings is 1. The fraction of sp³-hybridized carbons (Fsp3) is 0.136. The Labute approximate surface area is 193 Å². The number of para-hydroxylation sites is 1. The first kappa shape index (κ1) is 21.7. The number of aromatic nitrogens is 4. The average Bonchev–Trinajstić information content (AvgIpc) is 3.45. The van der Waals surface area contributed by atoms with Gasteiger partial charge in [-0.1, -0.05) is 42.1 Å². The first-order valence-electron chi connectivity index (χ1n) is 9.77. The van der Waals surface area contributed by atoms with E-state index in [1.165, 1.54) is 11.8 Å². The van der Waals surface area contributed by atoms with E-state index in [1.807, 2.05) is 48.7 Å². The Morgan fingerprint density at radius 2 is 1.94 bits per heavy atom. The maximum absolute atomic E-state index is 12.8. The molecule has 4 rings (SSSR count). The van der Waals surface area contributed by atoms with E-state index in [0.29, 0.717) is 28.6 Å². The molecule has 2 aromatic carbocycles. The number of amides is 2. The molecule has 0 aliphatic carbocycles. The molecule has 32 heavy (non-hydrogen) atoms. The summed E-state index contributed by atoms with van der Waals surface area (Å²) >= 11 is 2.86. The number of hydrogen-bond donors (Lipinski definition) is 2. The van der Waals surface area contributed by atoms with Crippen LogP contribution in [0.15, 0.2) is 71.2 Å². The Balaban J connectivity index is 1.38. The zero-order chi connectivity index (χ0) is 22.3. The van der Waals surface area contributed by atoms with Crippen molar-refractivity contribution in [3.05, 3.63) is 82.0 Å². The second-order valence-electron chi connectivity index (χ2n) is 6.90. The fourth-order valence-electron chi connectivity index (χ4n) is 2.98. The lowest BCUT2D eigenvalue weighted by Crippen LogP contribution is -2.19. The first-order chi connectivity index (χ1) is 15.6. The predicted molar refractivity (Wildman–Crippen MR) is 126 cm³/mol. The summed E-state index contributed by atoms with van der Waals surface area (Å²) in [7, 11) is 0. The highest BCUT2D eigenvalue weighted by Gasteiger charge is 2.15. The molecule has 2 aromatic heterocycles. The summed E-state index contributed by atoms with van der Waals surface area (Å²) in [5.74, 6) is -0.436. The van der Waals surface area contributed by atoms with Crippen LogP contribution in [0.1, 0.15) is 20.8 Å². The molecule has 4 aromatic rings. The standard InChI is InChI=1S/C22H20N6O2S2/c1-15-6-4-7-16(12-15)23-21(30)18-9-2-3-10-19(18)24-20(29)14-32-22-25-26-27-28(22)13-17-8-5-11-31-17/h2-12H,13-14H2,1H3,(H,23,30)(H,24,29). The van der Waals surface area contributed by atoms with E-state index in [2.05, 4.69) is 26.2 Å². The van der Waals surface area contributed by atoms with Gasteiger partial charge in [0.2, 0.25) is 11.1 Å². The molecule has 2 heterocycles. The van der Waals surface area contributed by atoms with E-state index in [0.717, 1.165) is 10.4 Å². The molecule has 0 aliphatic rings. The summed E-state index contributed by atoms with van der Waals surface area (Å²) in [5, 5.41) is 19.9. The van der Waals surface area contributed by atoms with Crippen molar-refractivity contribution >= 4 is 46.3 Å². The molecule has 0 atom stereocenters. The topological polar surface area (TPSA) is 102 Å². The number of aryl methyl sites for hydroxylation is 1. The monoisotopic (exact) mass is 464 g/mol. The molecule has 2 amide bonds. The minimum Gasteiger partial charge on any atom is -0.325 e. The van der Waals surface area contributed by atoms with Crippen molar-refractivity contribution in [1.29, 1.82) is 0 Å².